The van der Waals surface area contributed by atoms with Crippen LogP contribution in [0.5, 0.6) is 5.75 Å². The zero-order chi connectivity index (χ0) is 20.0. The molecule has 1 unspecified atom stereocenters. The van der Waals surface area contributed by atoms with Crippen LogP contribution in [0.1, 0.15) is 30.6 Å². The van der Waals surface area contributed by atoms with E-state index in [4.69, 9.17) is 16.2 Å². The maximum Gasteiger partial charge on any atom is 0.254 e. The molecular formula is C18H24N6O3. The van der Waals surface area contributed by atoms with Crippen LogP contribution in [-0.2, 0) is 4.79 Å². The summed E-state index contributed by atoms with van der Waals surface area (Å²) in [5, 5.41) is 5.94. The van der Waals surface area contributed by atoms with Crippen LogP contribution in [0.15, 0.2) is 30.5 Å². The summed E-state index contributed by atoms with van der Waals surface area (Å²) in [7, 11) is 1.55. The Morgan fingerprint density at radius 3 is 2.59 bits per heavy atom. The third kappa shape index (κ3) is 5.56. The number of amides is 2. The highest BCUT2D eigenvalue weighted by atomic mass is 16.5. The number of methoxy groups -OCH3 is 1. The number of ether oxygens (including phenoxy) is 1. The van der Waals surface area contributed by atoms with E-state index in [2.05, 4.69) is 20.6 Å². The first-order valence-corrected chi connectivity index (χ1v) is 8.44. The maximum absolute atomic E-state index is 11.7. The van der Waals surface area contributed by atoms with E-state index >= 15 is 0 Å². The quantitative estimate of drug-likeness (QED) is 0.523. The summed E-state index contributed by atoms with van der Waals surface area (Å²) in [6.07, 6.45) is 1.82. The topological polar surface area (TPSA) is 145 Å². The summed E-state index contributed by atoms with van der Waals surface area (Å²) in [5.74, 6) is 0.0676. The predicted octanol–water partition coefficient (Wildman–Crippen LogP) is 1.64. The molecule has 0 fully saturated rings. The smallest absolute Gasteiger partial charge is 0.254 e. The Bertz CT molecular complexity index is 824. The van der Waals surface area contributed by atoms with E-state index in [0.717, 1.165) is 0 Å². The first-order valence-electron chi connectivity index (χ1n) is 8.44. The molecule has 1 heterocycles. The van der Waals surface area contributed by atoms with Gasteiger partial charge in [0.2, 0.25) is 11.9 Å². The van der Waals surface area contributed by atoms with Gasteiger partial charge in [-0.25, -0.2) is 4.98 Å². The minimum Gasteiger partial charge on any atom is -0.497 e. The fourth-order valence-electron chi connectivity index (χ4n) is 2.44. The number of primary amides is 2. The van der Waals surface area contributed by atoms with Crippen LogP contribution in [-0.4, -0.2) is 34.9 Å². The van der Waals surface area contributed by atoms with Crippen molar-refractivity contribution in [3.8, 4) is 5.75 Å². The molecule has 0 radical (unpaired) electrons. The molecule has 1 aromatic carbocycles. The number of rotatable bonds is 9. The molecule has 0 saturated heterocycles. The second-order valence-electron chi connectivity index (χ2n) is 6.41. The zero-order valence-corrected chi connectivity index (χ0v) is 15.5. The van der Waals surface area contributed by atoms with Crippen molar-refractivity contribution in [1.82, 2.24) is 9.97 Å². The minimum atomic E-state index is -0.680. The molecule has 2 rings (SSSR count). The average Bonchev–Trinajstić information content (AvgIpc) is 2.60. The van der Waals surface area contributed by atoms with Gasteiger partial charge in [0.15, 0.2) is 0 Å². The Labute approximate surface area is 157 Å². The summed E-state index contributed by atoms with van der Waals surface area (Å²) in [5.41, 5.74) is 11.6. The molecule has 6 N–H and O–H groups in total. The molecule has 144 valence electrons. The Morgan fingerprint density at radius 1 is 1.26 bits per heavy atom. The van der Waals surface area contributed by atoms with Crippen LogP contribution in [0.4, 0.5) is 17.5 Å². The van der Waals surface area contributed by atoms with Crippen molar-refractivity contribution >= 4 is 29.3 Å². The van der Waals surface area contributed by atoms with E-state index < -0.39 is 17.9 Å². The molecule has 0 spiro atoms. The van der Waals surface area contributed by atoms with E-state index in [1.54, 1.807) is 31.4 Å². The van der Waals surface area contributed by atoms with Crippen LogP contribution in [0.3, 0.4) is 0 Å². The van der Waals surface area contributed by atoms with Crippen molar-refractivity contribution in [3.05, 3.63) is 36.0 Å². The molecule has 1 atom stereocenters. The Balaban J connectivity index is 2.32. The third-order valence-electron chi connectivity index (χ3n) is 3.74. The molecule has 0 aliphatic carbocycles. The van der Waals surface area contributed by atoms with Crippen molar-refractivity contribution in [1.29, 1.82) is 0 Å². The SMILES string of the molecule is COc1cccc(Nc2nc(NC(CC(C)C)C(N)=O)ncc2C(N)=O)c1. The molecule has 9 heteroatoms. The van der Waals surface area contributed by atoms with Crippen molar-refractivity contribution in [2.75, 3.05) is 17.7 Å². The Hall–Kier alpha value is -3.36. The van der Waals surface area contributed by atoms with Gasteiger partial charge in [-0.2, -0.15) is 4.98 Å². The zero-order valence-electron chi connectivity index (χ0n) is 15.5. The lowest BCUT2D eigenvalue weighted by Crippen LogP contribution is -2.37. The van der Waals surface area contributed by atoms with Crippen LogP contribution < -0.4 is 26.8 Å². The number of nitrogens with zero attached hydrogens (tertiary/aromatic N) is 2. The molecule has 2 amide bonds. The van der Waals surface area contributed by atoms with Crippen LogP contribution in [0.2, 0.25) is 0 Å². The molecule has 1 aromatic heterocycles. The van der Waals surface area contributed by atoms with Crippen LogP contribution >= 0.6 is 0 Å². The van der Waals surface area contributed by atoms with Crippen molar-refractivity contribution < 1.29 is 14.3 Å². The van der Waals surface area contributed by atoms with Crippen molar-refractivity contribution in [2.24, 2.45) is 17.4 Å². The number of nitrogens with one attached hydrogen (secondary N) is 2. The van der Waals surface area contributed by atoms with Gasteiger partial charge < -0.3 is 26.8 Å². The van der Waals surface area contributed by atoms with Gasteiger partial charge >= 0.3 is 0 Å². The molecule has 0 saturated carbocycles. The number of hydrogen-bond donors (Lipinski definition) is 4. The van der Waals surface area contributed by atoms with Gasteiger partial charge in [-0.05, 0) is 24.5 Å². The average molecular weight is 372 g/mol. The van der Waals surface area contributed by atoms with E-state index in [9.17, 15) is 9.59 Å². The predicted molar refractivity (Wildman–Crippen MR) is 103 cm³/mol. The van der Waals surface area contributed by atoms with Crippen LogP contribution in [0.25, 0.3) is 0 Å². The number of benzene rings is 1. The third-order valence-corrected chi connectivity index (χ3v) is 3.74. The molecule has 9 nitrogen and oxygen atoms in total. The standard InChI is InChI=1S/C18H24N6O3/c1-10(2)7-14(16(20)26)23-18-21-9-13(15(19)25)17(24-18)22-11-5-4-6-12(8-11)27-3/h4-6,8-10,14H,7H2,1-3H3,(H2,19,25)(H2,20,26)(H2,21,22,23,24). The summed E-state index contributed by atoms with van der Waals surface area (Å²) < 4.78 is 5.18. The van der Waals surface area contributed by atoms with Gasteiger partial charge in [0.1, 0.15) is 23.2 Å². The fourth-order valence-corrected chi connectivity index (χ4v) is 2.44. The van der Waals surface area contributed by atoms with E-state index in [0.29, 0.717) is 17.9 Å². The van der Waals surface area contributed by atoms with Gasteiger partial charge in [-0.3, -0.25) is 9.59 Å². The fraction of sp³-hybridized carbons (Fsp3) is 0.333. The molecular weight excluding hydrogens is 348 g/mol. The summed E-state index contributed by atoms with van der Waals surface area (Å²) >= 11 is 0. The monoisotopic (exact) mass is 372 g/mol. The normalized spacial score (nSPS) is 11.7. The highest BCUT2D eigenvalue weighted by Crippen LogP contribution is 2.23. The number of carbonyl (C=O) groups is 2. The lowest BCUT2D eigenvalue weighted by molar-refractivity contribution is -0.119. The molecule has 2 aromatic rings. The highest BCUT2D eigenvalue weighted by molar-refractivity contribution is 5.98. The summed E-state index contributed by atoms with van der Waals surface area (Å²) in [6, 6.07) is 6.47. The Kier molecular flexibility index (Phi) is 6.53. The van der Waals surface area contributed by atoms with Gasteiger partial charge in [0, 0.05) is 18.0 Å². The molecule has 0 aliphatic heterocycles. The van der Waals surface area contributed by atoms with E-state index in [1.165, 1.54) is 6.20 Å². The minimum absolute atomic E-state index is 0.114. The lowest BCUT2D eigenvalue weighted by Gasteiger charge is -2.18. The highest BCUT2D eigenvalue weighted by Gasteiger charge is 2.19. The molecule has 27 heavy (non-hydrogen) atoms. The molecule has 0 aliphatic rings. The second-order valence-corrected chi connectivity index (χ2v) is 6.41. The number of carbonyl (C=O) groups excluding carboxylic acids is 2. The number of aromatic nitrogens is 2. The summed E-state index contributed by atoms with van der Waals surface area (Å²) in [6.45, 7) is 3.95. The van der Waals surface area contributed by atoms with Crippen LogP contribution in [0, 0.1) is 5.92 Å². The number of hydrogen-bond acceptors (Lipinski definition) is 7. The maximum atomic E-state index is 11.7. The van der Waals surface area contributed by atoms with Gasteiger partial charge in [-0.1, -0.05) is 19.9 Å². The van der Waals surface area contributed by atoms with Gasteiger partial charge in [0.05, 0.1) is 7.11 Å². The first kappa shape index (κ1) is 20.0. The van der Waals surface area contributed by atoms with E-state index in [-0.39, 0.29) is 23.2 Å². The summed E-state index contributed by atoms with van der Waals surface area (Å²) in [4.78, 5) is 31.7. The number of nitrogens with two attached hydrogens (primary N) is 2. The molecule has 0 bridgehead atoms. The van der Waals surface area contributed by atoms with E-state index in [1.807, 2.05) is 13.8 Å². The van der Waals surface area contributed by atoms with Gasteiger partial charge in [0.25, 0.3) is 5.91 Å². The largest absolute Gasteiger partial charge is 0.497 e. The van der Waals surface area contributed by atoms with Crippen molar-refractivity contribution in [2.45, 2.75) is 26.3 Å². The van der Waals surface area contributed by atoms with Crippen molar-refractivity contribution in [3.63, 3.8) is 0 Å². The lowest BCUT2D eigenvalue weighted by atomic mass is 10.0. The van der Waals surface area contributed by atoms with Gasteiger partial charge in [-0.15, -0.1) is 0 Å². The number of anilines is 3. The first-order chi connectivity index (χ1) is 12.8. The second kappa shape index (κ2) is 8.84. The Morgan fingerprint density at radius 2 is 2.00 bits per heavy atom.